The molecule has 7 rings (SSSR count). The molecule has 0 fully saturated rings. The van der Waals surface area contributed by atoms with Crippen molar-refractivity contribution in [1.29, 1.82) is 0 Å². The standard InChI is InChI=1S/C38H24N10O16S4.5Li.Na/c39-35-30(18-31(66(56,57)58)27-12-14-29(38(50)34(27)35)45-44-28-13-8-24(48(51)52)17-32(28)67(59,60)61)46-43-23-7-11-26-19(15-23)16-33(68(62,63)64)36(37(26)49)47-42-21-3-1-20(2-4-21)40-41-22-5-9-25(10-6-22)65(53,54)55;;;;;;/h1-3,5-13,15-18,49-50H,39H2,(H,53,54,55)(H,56,57,58)(H,59,60,61)(H,62,63,64);;;;;;/q-2;6*+1/p-4. The quantitative estimate of drug-likeness (QED) is 0.0184. The topological polar surface area (TPSA) is 437 Å². The van der Waals surface area contributed by atoms with Crippen LogP contribution in [0.1, 0.15) is 0 Å². The van der Waals surface area contributed by atoms with Gasteiger partial charge in [-0.2, -0.15) is 43.8 Å². The van der Waals surface area contributed by atoms with Gasteiger partial charge in [-0.3, -0.25) is 10.1 Å². The van der Waals surface area contributed by atoms with Gasteiger partial charge in [0.25, 0.3) is 5.69 Å². The van der Waals surface area contributed by atoms with Gasteiger partial charge in [0.05, 0.1) is 31.0 Å². The summed E-state index contributed by atoms with van der Waals surface area (Å²) in [6, 6.07) is 21.6. The number of nitrogen functional groups attached to an aromatic ring is 1. The number of benzene rings is 7. The van der Waals surface area contributed by atoms with Crippen molar-refractivity contribution < 1.29 is 191 Å². The largest absolute Gasteiger partial charge is 1.00 e. The molecular formula is C38H20Li5N10NaO16S4. The number of nitrogens with two attached hydrogens (primary N) is 1. The van der Waals surface area contributed by atoms with E-state index in [-0.39, 0.29) is 157 Å². The molecule has 0 radical (unpaired) electrons. The number of azo groups is 4. The fourth-order valence-corrected chi connectivity index (χ4v) is 8.43. The van der Waals surface area contributed by atoms with E-state index in [9.17, 15) is 72.2 Å². The Morgan fingerprint density at radius 2 is 1.08 bits per heavy atom. The molecule has 348 valence electrons. The molecule has 7 aromatic carbocycles. The zero-order valence-corrected chi connectivity index (χ0v) is 44.3. The Balaban J connectivity index is 0.00000456. The maximum Gasteiger partial charge on any atom is 1.00 e. The summed E-state index contributed by atoms with van der Waals surface area (Å²) in [4.78, 5) is 6.54. The summed E-state index contributed by atoms with van der Waals surface area (Å²) in [6.45, 7) is 0. The van der Waals surface area contributed by atoms with Crippen molar-refractivity contribution in [3.05, 3.63) is 119 Å². The number of hydrogen-bond donors (Lipinski definition) is 3. The number of hydrogen-bond acceptors (Lipinski definition) is 25. The van der Waals surface area contributed by atoms with Crippen LogP contribution < -0.4 is 130 Å². The second-order valence-corrected chi connectivity index (χ2v) is 18.9. The van der Waals surface area contributed by atoms with Gasteiger partial charge in [-0.05, 0) is 77.4 Å². The Labute approximate surface area is 501 Å². The molecule has 0 amide bonds. The van der Waals surface area contributed by atoms with Crippen molar-refractivity contribution in [1.82, 2.24) is 0 Å². The van der Waals surface area contributed by atoms with Gasteiger partial charge in [-0.15, -0.1) is 33.8 Å². The summed E-state index contributed by atoms with van der Waals surface area (Å²) in [5.74, 6) is -1.80. The van der Waals surface area contributed by atoms with E-state index in [4.69, 9.17) is 5.73 Å². The molecular weight excluding hydrogens is 1040 g/mol. The van der Waals surface area contributed by atoms with Gasteiger partial charge in [0.2, 0.25) is 0 Å². The Hall–Kier alpha value is -4.11. The van der Waals surface area contributed by atoms with Gasteiger partial charge < -0.3 is 34.2 Å². The normalized spacial score (nSPS) is 11.9. The number of rotatable bonds is 13. The number of phenols is 2. The minimum atomic E-state index is -5.38. The minimum Gasteiger partial charge on any atom is -0.745 e. The number of aromatic hydroxyl groups is 2. The summed E-state index contributed by atoms with van der Waals surface area (Å²) < 4.78 is 143. The summed E-state index contributed by atoms with van der Waals surface area (Å²) in [7, 11) is -20.8. The van der Waals surface area contributed by atoms with Crippen molar-refractivity contribution in [3.63, 3.8) is 0 Å². The number of nitrogens with zero attached hydrogens (tertiary/aromatic N) is 9. The van der Waals surface area contributed by atoms with Crippen molar-refractivity contribution in [3.8, 4) is 11.5 Å². The second-order valence-electron chi connectivity index (χ2n) is 13.5. The summed E-state index contributed by atoms with van der Waals surface area (Å²) in [6.07, 6.45) is 0. The van der Waals surface area contributed by atoms with E-state index in [2.05, 4.69) is 53.0 Å². The van der Waals surface area contributed by atoms with Crippen LogP contribution in [-0.2, 0) is 40.5 Å². The average Bonchev–Trinajstić information content (AvgIpc) is 3.26. The third-order valence-corrected chi connectivity index (χ3v) is 12.6. The van der Waals surface area contributed by atoms with Crippen LogP contribution in [0.4, 0.5) is 56.9 Å². The van der Waals surface area contributed by atoms with Crippen LogP contribution in [0, 0.1) is 22.2 Å². The molecule has 26 nitrogen and oxygen atoms in total. The van der Waals surface area contributed by atoms with Gasteiger partial charge in [-0.1, -0.05) is 5.39 Å². The third kappa shape index (κ3) is 15.7. The minimum absolute atomic E-state index is 0. The molecule has 0 heterocycles. The van der Waals surface area contributed by atoms with Crippen LogP contribution in [0.25, 0.3) is 21.5 Å². The number of nitro groups is 1. The number of fused-ring (bicyclic) bond motifs is 2. The molecule has 0 aliphatic heterocycles. The number of nitro benzene ring substituents is 1. The first-order valence-electron chi connectivity index (χ1n) is 18.0. The second kappa shape index (κ2) is 26.8. The van der Waals surface area contributed by atoms with Gasteiger partial charge in [-0.25, -0.2) is 38.8 Å². The molecule has 74 heavy (non-hydrogen) atoms. The number of non-ortho nitro benzene ring substituents is 1. The molecule has 7 aromatic rings. The van der Waals surface area contributed by atoms with E-state index in [1.165, 1.54) is 42.5 Å². The molecule has 0 spiro atoms. The molecule has 0 unspecified atom stereocenters. The molecule has 0 saturated heterocycles. The van der Waals surface area contributed by atoms with Crippen LogP contribution in [-0.4, -0.2) is 67.0 Å². The van der Waals surface area contributed by atoms with E-state index in [1.807, 2.05) is 0 Å². The summed E-state index contributed by atoms with van der Waals surface area (Å²) >= 11 is 0. The number of phenolic OH excluding ortho intramolecular Hbond substituents is 2. The Morgan fingerprint density at radius 3 is 1.65 bits per heavy atom. The Morgan fingerprint density at radius 1 is 0.514 bits per heavy atom. The van der Waals surface area contributed by atoms with E-state index in [1.54, 1.807) is 0 Å². The first kappa shape index (κ1) is 67.9. The van der Waals surface area contributed by atoms with Gasteiger partial charge in [0, 0.05) is 39.5 Å². The Bertz CT molecular complexity index is 3890. The summed E-state index contributed by atoms with van der Waals surface area (Å²) in [5.41, 5.74) is 2.57. The SMILES string of the molecule is Nc1c(N=Nc2ccc3c(O)c(N=Nc4[c-]cc(N=Nc5ccc(S(=O)(=O)[O-])cc5)cc4)c(S(=O)(=O)[O-])cc3c2)cc(S(=O)(=O)[O-])c2c[c-]c(N=Nc3ccc([N+](=O)[O-])cc3S(=O)(=O)[O-])c(O)c12.[Li+].[Li+].[Li+].[Li+].[Li+].[Na+]. The smallest absolute Gasteiger partial charge is 0.745 e. The van der Waals surface area contributed by atoms with E-state index in [0.717, 1.165) is 42.5 Å². The molecule has 36 heteroatoms. The predicted octanol–water partition coefficient (Wildman–Crippen LogP) is -10.2. The zero-order chi connectivity index (χ0) is 49.5. The summed E-state index contributed by atoms with van der Waals surface area (Å²) in [5, 5.41) is 62.7. The number of anilines is 1. The maximum absolute atomic E-state index is 12.4. The monoisotopic (exact) mass is 1060 g/mol. The van der Waals surface area contributed by atoms with Crippen LogP contribution in [0.2, 0.25) is 0 Å². The van der Waals surface area contributed by atoms with Crippen molar-refractivity contribution in [2.75, 3.05) is 5.73 Å². The van der Waals surface area contributed by atoms with E-state index >= 15 is 0 Å². The molecule has 0 atom stereocenters. The molecule has 0 aliphatic carbocycles. The van der Waals surface area contributed by atoms with Crippen molar-refractivity contribution in [2.45, 2.75) is 19.6 Å². The molecule has 4 N–H and O–H groups in total. The fraction of sp³-hybridized carbons (Fsp3) is 0. The van der Waals surface area contributed by atoms with E-state index < -0.39 is 121 Å². The maximum atomic E-state index is 12.4. The fourth-order valence-electron chi connectivity index (χ4n) is 6.00. The average molecular weight is 1060 g/mol. The van der Waals surface area contributed by atoms with E-state index in [0.29, 0.717) is 12.1 Å². The van der Waals surface area contributed by atoms with Crippen LogP contribution in [0.15, 0.2) is 158 Å². The zero-order valence-electron chi connectivity index (χ0n) is 39.1. The first-order valence-corrected chi connectivity index (χ1v) is 23.6. The first-order chi connectivity index (χ1) is 31.8. The van der Waals surface area contributed by atoms with Gasteiger partial charge in [0.15, 0.2) is 5.75 Å². The van der Waals surface area contributed by atoms with Crippen molar-refractivity contribution >= 4 is 119 Å². The predicted molar refractivity (Wildman–Crippen MR) is 228 cm³/mol. The van der Waals surface area contributed by atoms with Gasteiger partial charge >= 0.3 is 124 Å². The molecule has 0 bridgehead atoms. The van der Waals surface area contributed by atoms with Crippen LogP contribution in [0.3, 0.4) is 0 Å². The van der Waals surface area contributed by atoms with Crippen molar-refractivity contribution in [2.24, 2.45) is 40.9 Å². The van der Waals surface area contributed by atoms with Gasteiger partial charge in [0.1, 0.15) is 57.5 Å². The third-order valence-electron chi connectivity index (χ3n) is 9.13. The molecule has 0 aromatic heterocycles. The molecule has 0 aliphatic rings. The van der Waals surface area contributed by atoms with Crippen LogP contribution >= 0.6 is 0 Å². The molecule has 0 saturated carbocycles. The van der Waals surface area contributed by atoms with Crippen LogP contribution in [0.5, 0.6) is 11.5 Å². The Kier molecular flexibility index (Phi) is 24.6.